The van der Waals surface area contributed by atoms with E-state index in [2.05, 4.69) is 55.5 Å². The summed E-state index contributed by atoms with van der Waals surface area (Å²) in [6, 6.07) is 40.8. The van der Waals surface area contributed by atoms with Crippen LogP contribution < -0.4 is 0 Å². The zero-order chi connectivity index (χ0) is 28.1. The zero-order valence-corrected chi connectivity index (χ0v) is 23.7. The molecule has 5 nitrogen and oxygen atoms in total. The van der Waals surface area contributed by atoms with Gasteiger partial charge in [0.05, 0.1) is 44.8 Å². The van der Waals surface area contributed by atoms with Crippen molar-refractivity contribution < 1.29 is 18.9 Å². The van der Waals surface area contributed by atoms with Crippen molar-refractivity contribution in [3.63, 3.8) is 0 Å². The van der Waals surface area contributed by atoms with E-state index >= 15 is 0 Å². The second kappa shape index (κ2) is 15.4. The van der Waals surface area contributed by atoms with Crippen LogP contribution in [-0.2, 0) is 45.4 Å². The number of aliphatic imine (C=N–C) groups is 1. The first-order valence-electron chi connectivity index (χ1n) is 14.4. The van der Waals surface area contributed by atoms with Crippen LogP contribution in [0.3, 0.4) is 0 Å². The molecule has 212 valence electrons. The van der Waals surface area contributed by atoms with Crippen LogP contribution in [0.4, 0.5) is 0 Å². The Kier molecular flexibility index (Phi) is 10.9. The second-order valence-electron chi connectivity index (χ2n) is 10.3. The summed E-state index contributed by atoms with van der Waals surface area (Å²) in [4.78, 5) is 5.19. The van der Waals surface area contributed by atoms with Crippen LogP contribution in [-0.4, -0.2) is 36.7 Å². The van der Waals surface area contributed by atoms with Gasteiger partial charge in [0.2, 0.25) is 0 Å². The van der Waals surface area contributed by atoms with Crippen LogP contribution in [0.2, 0.25) is 0 Å². The Balaban J connectivity index is 1.41. The lowest BCUT2D eigenvalue weighted by Gasteiger charge is -2.41. The van der Waals surface area contributed by atoms with Gasteiger partial charge in [-0.2, -0.15) is 0 Å². The summed E-state index contributed by atoms with van der Waals surface area (Å²) in [7, 11) is 0. The fourth-order valence-corrected chi connectivity index (χ4v) is 5.10. The molecule has 1 aliphatic heterocycles. The smallest absolute Gasteiger partial charge is 0.127 e. The third-order valence-corrected chi connectivity index (χ3v) is 7.28. The Morgan fingerprint density at radius 3 is 1.37 bits per heavy atom. The van der Waals surface area contributed by atoms with E-state index in [1.165, 1.54) is 0 Å². The molecule has 1 aliphatic rings. The zero-order valence-electron chi connectivity index (χ0n) is 23.7. The Hall–Kier alpha value is -3.61. The van der Waals surface area contributed by atoms with Crippen LogP contribution in [0.1, 0.15) is 35.6 Å². The standard InChI is InChI=1S/C36H39NO4/c1-2-32-34(39-24-29-17-9-4-10-18-29)36(41-26-31-21-13-6-14-22-31)35(40-25-30-19-11-5-12-20-30)33(37-32)27-38-23-28-15-7-3-8-16-28/h3-22,32,34-36H,2,23-27H2,1H3/t32-,34?,35-,36?/m0/s1. The van der Waals surface area contributed by atoms with Crippen molar-refractivity contribution in [3.8, 4) is 0 Å². The van der Waals surface area contributed by atoms with Crippen molar-refractivity contribution in [1.29, 1.82) is 0 Å². The van der Waals surface area contributed by atoms with E-state index in [1.807, 2.05) is 72.8 Å². The third-order valence-electron chi connectivity index (χ3n) is 7.28. The Bertz CT molecular complexity index is 1320. The largest absolute Gasteiger partial charge is 0.371 e. The van der Waals surface area contributed by atoms with Crippen molar-refractivity contribution in [1.82, 2.24) is 0 Å². The number of nitrogens with zero attached hydrogens (tertiary/aromatic N) is 1. The molecule has 4 atom stereocenters. The van der Waals surface area contributed by atoms with E-state index in [0.717, 1.165) is 34.4 Å². The van der Waals surface area contributed by atoms with Crippen LogP contribution in [0, 0.1) is 0 Å². The first-order valence-corrected chi connectivity index (χ1v) is 14.4. The summed E-state index contributed by atoms with van der Waals surface area (Å²) in [5, 5.41) is 0. The highest BCUT2D eigenvalue weighted by Crippen LogP contribution is 2.29. The van der Waals surface area contributed by atoms with Gasteiger partial charge in [0.15, 0.2) is 0 Å². The molecule has 41 heavy (non-hydrogen) atoms. The van der Waals surface area contributed by atoms with Gasteiger partial charge in [0.25, 0.3) is 0 Å². The molecule has 0 amide bonds. The molecule has 5 rings (SSSR count). The molecular formula is C36H39NO4. The summed E-state index contributed by atoms with van der Waals surface area (Å²) in [6.07, 6.45) is -0.237. The van der Waals surface area contributed by atoms with Gasteiger partial charge in [-0.1, -0.05) is 128 Å². The van der Waals surface area contributed by atoms with Gasteiger partial charge < -0.3 is 18.9 Å². The number of ether oxygens (including phenoxy) is 4. The number of hydrogen-bond acceptors (Lipinski definition) is 5. The summed E-state index contributed by atoms with van der Waals surface area (Å²) >= 11 is 0. The second-order valence-corrected chi connectivity index (χ2v) is 10.3. The van der Waals surface area contributed by atoms with E-state index in [4.69, 9.17) is 23.9 Å². The maximum absolute atomic E-state index is 6.71. The molecule has 4 aromatic carbocycles. The topological polar surface area (TPSA) is 49.3 Å². The van der Waals surface area contributed by atoms with Crippen LogP contribution in [0.5, 0.6) is 0 Å². The molecule has 5 heteroatoms. The predicted molar refractivity (Wildman–Crippen MR) is 163 cm³/mol. The van der Waals surface area contributed by atoms with Crippen LogP contribution in [0.25, 0.3) is 0 Å². The highest BCUT2D eigenvalue weighted by molar-refractivity contribution is 5.91. The van der Waals surface area contributed by atoms with Gasteiger partial charge in [0.1, 0.15) is 18.3 Å². The van der Waals surface area contributed by atoms with E-state index in [0.29, 0.717) is 33.0 Å². The van der Waals surface area contributed by atoms with Crippen molar-refractivity contribution in [3.05, 3.63) is 144 Å². The molecule has 0 radical (unpaired) electrons. The number of benzene rings is 4. The lowest BCUT2D eigenvalue weighted by molar-refractivity contribution is -0.146. The Morgan fingerprint density at radius 2 is 0.902 bits per heavy atom. The van der Waals surface area contributed by atoms with Crippen molar-refractivity contribution in [2.45, 2.75) is 64.1 Å². The van der Waals surface area contributed by atoms with Crippen LogP contribution >= 0.6 is 0 Å². The summed E-state index contributed by atoms with van der Waals surface area (Å²) in [5.41, 5.74) is 5.30. The van der Waals surface area contributed by atoms with Crippen molar-refractivity contribution in [2.24, 2.45) is 4.99 Å². The van der Waals surface area contributed by atoms with Crippen molar-refractivity contribution in [2.75, 3.05) is 6.61 Å². The fourth-order valence-electron chi connectivity index (χ4n) is 5.10. The minimum Gasteiger partial charge on any atom is -0.371 e. The lowest BCUT2D eigenvalue weighted by Crippen LogP contribution is -2.56. The Morgan fingerprint density at radius 1 is 0.488 bits per heavy atom. The minimum atomic E-state index is -0.418. The van der Waals surface area contributed by atoms with Gasteiger partial charge in [-0.05, 0) is 28.7 Å². The van der Waals surface area contributed by atoms with E-state index in [1.54, 1.807) is 0 Å². The van der Waals surface area contributed by atoms with Gasteiger partial charge in [-0.3, -0.25) is 4.99 Å². The predicted octanol–water partition coefficient (Wildman–Crippen LogP) is 7.19. The fraction of sp³-hybridized carbons (Fsp3) is 0.306. The molecule has 0 bridgehead atoms. The molecule has 0 spiro atoms. The molecule has 0 aromatic heterocycles. The maximum atomic E-state index is 6.71. The molecule has 0 N–H and O–H groups in total. The van der Waals surface area contributed by atoms with Gasteiger partial charge in [-0.15, -0.1) is 0 Å². The number of hydrogen-bond donors (Lipinski definition) is 0. The lowest BCUT2D eigenvalue weighted by atomic mass is 9.91. The normalized spacial score (nSPS) is 20.5. The first-order chi connectivity index (χ1) is 20.3. The monoisotopic (exact) mass is 549 g/mol. The summed E-state index contributed by atoms with van der Waals surface area (Å²) < 4.78 is 26.2. The van der Waals surface area contributed by atoms with Gasteiger partial charge >= 0.3 is 0 Å². The highest BCUT2D eigenvalue weighted by atomic mass is 16.6. The highest BCUT2D eigenvalue weighted by Gasteiger charge is 2.43. The van der Waals surface area contributed by atoms with E-state index in [-0.39, 0.29) is 18.2 Å². The van der Waals surface area contributed by atoms with Gasteiger partial charge in [0, 0.05) is 0 Å². The molecule has 0 saturated heterocycles. The molecule has 1 heterocycles. The van der Waals surface area contributed by atoms with Gasteiger partial charge in [-0.25, -0.2) is 0 Å². The SMILES string of the molecule is CC[C@@H]1N=C(COCc2ccccc2)[C@H](OCc2ccccc2)C(OCc2ccccc2)C1OCc1ccccc1. The van der Waals surface area contributed by atoms with Crippen LogP contribution in [0.15, 0.2) is 126 Å². The molecule has 2 unspecified atom stereocenters. The van der Waals surface area contributed by atoms with E-state index < -0.39 is 6.10 Å². The average Bonchev–Trinajstić information content (AvgIpc) is 3.04. The molecule has 0 saturated carbocycles. The molecule has 0 aliphatic carbocycles. The van der Waals surface area contributed by atoms with E-state index in [9.17, 15) is 0 Å². The average molecular weight is 550 g/mol. The number of rotatable bonds is 14. The summed E-state index contributed by atoms with van der Waals surface area (Å²) in [5.74, 6) is 0. The summed E-state index contributed by atoms with van der Waals surface area (Å²) in [6.45, 7) is 4.39. The maximum Gasteiger partial charge on any atom is 0.127 e. The molecule has 0 fully saturated rings. The molecule has 4 aromatic rings. The molecular weight excluding hydrogens is 510 g/mol. The van der Waals surface area contributed by atoms with Crippen molar-refractivity contribution >= 4 is 5.71 Å². The quantitative estimate of drug-likeness (QED) is 0.167. The third kappa shape index (κ3) is 8.44. The Labute approximate surface area is 243 Å². The minimum absolute atomic E-state index is 0.0774. The first kappa shape index (κ1) is 28.9.